The van der Waals surface area contributed by atoms with Crippen molar-refractivity contribution in [2.75, 3.05) is 0 Å². The second kappa shape index (κ2) is 7.47. The highest BCUT2D eigenvalue weighted by atomic mass is 16.5. The SMILES string of the molecule is O=C(N[C@@H](CC1=CCCC1)C(=O)O)OCc1ccccc1. The van der Waals surface area contributed by atoms with Gasteiger partial charge in [-0.05, 0) is 31.2 Å². The minimum atomic E-state index is -1.04. The number of amides is 1. The summed E-state index contributed by atoms with van der Waals surface area (Å²) in [6, 6.07) is 8.32. The van der Waals surface area contributed by atoms with Crippen molar-refractivity contribution >= 4 is 12.1 Å². The third-order valence-corrected chi connectivity index (χ3v) is 3.40. The fourth-order valence-corrected chi connectivity index (χ4v) is 2.29. The summed E-state index contributed by atoms with van der Waals surface area (Å²) in [4.78, 5) is 22.9. The number of nitrogens with one attached hydrogen (secondary N) is 1. The van der Waals surface area contributed by atoms with Gasteiger partial charge in [0.25, 0.3) is 0 Å². The van der Waals surface area contributed by atoms with Gasteiger partial charge in [0.2, 0.25) is 0 Å². The zero-order chi connectivity index (χ0) is 15.1. The zero-order valence-corrected chi connectivity index (χ0v) is 11.7. The van der Waals surface area contributed by atoms with Gasteiger partial charge in [0.15, 0.2) is 0 Å². The quantitative estimate of drug-likeness (QED) is 0.790. The molecule has 21 heavy (non-hydrogen) atoms. The summed E-state index contributed by atoms with van der Waals surface area (Å²) >= 11 is 0. The first-order chi connectivity index (χ1) is 10.1. The first-order valence-corrected chi connectivity index (χ1v) is 7.03. The topological polar surface area (TPSA) is 75.6 Å². The molecule has 0 fully saturated rings. The van der Waals surface area contributed by atoms with Gasteiger partial charge >= 0.3 is 12.1 Å². The van der Waals surface area contributed by atoms with Crippen LogP contribution in [0.2, 0.25) is 0 Å². The average Bonchev–Trinajstić information content (AvgIpc) is 2.98. The predicted molar refractivity (Wildman–Crippen MR) is 77.7 cm³/mol. The second-order valence-corrected chi connectivity index (χ2v) is 5.06. The number of hydrogen-bond acceptors (Lipinski definition) is 3. The maximum Gasteiger partial charge on any atom is 0.408 e. The van der Waals surface area contributed by atoms with Crippen molar-refractivity contribution in [3.05, 3.63) is 47.5 Å². The molecule has 0 heterocycles. The van der Waals surface area contributed by atoms with Gasteiger partial charge in [-0.1, -0.05) is 42.0 Å². The molecule has 0 saturated heterocycles. The molecule has 0 radical (unpaired) electrons. The van der Waals surface area contributed by atoms with Gasteiger partial charge in [-0.15, -0.1) is 0 Å². The summed E-state index contributed by atoms with van der Waals surface area (Å²) in [6.45, 7) is 0.127. The van der Waals surface area contributed by atoms with Crippen molar-refractivity contribution in [3.63, 3.8) is 0 Å². The van der Waals surface area contributed by atoms with E-state index in [1.165, 1.54) is 0 Å². The van der Waals surface area contributed by atoms with Gasteiger partial charge < -0.3 is 15.2 Å². The molecular weight excluding hydrogens is 270 g/mol. The molecule has 2 N–H and O–H groups in total. The lowest BCUT2D eigenvalue weighted by Crippen LogP contribution is -2.41. The van der Waals surface area contributed by atoms with Crippen LogP contribution in [-0.2, 0) is 16.1 Å². The average molecular weight is 289 g/mol. The fraction of sp³-hybridized carbons (Fsp3) is 0.375. The van der Waals surface area contributed by atoms with Crippen LogP contribution in [0.4, 0.5) is 4.79 Å². The number of carbonyl (C=O) groups excluding carboxylic acids is 1. The lowest BCUT2D eigenvalue weighted by Gasteiger charge is -2.15. The van der Waals surface area contributed by atoms with E-state index in [4.69, 9.17) is 4.74 Å². The molecular formula is C16H19NO4. The van der Waals surface area contributed by atoms with E-state index in [9.17, 15) is 14.7 Å². The summed E-state index contributed by atoms with van der Waals surface area (Å²) in [5, 5.41) is 11.6. The Kier molecular flexibility index (Phi) is 5.37. The number of carboxylic acids is 1. The Hall–Kier alpha value is -2.30. The normalized spacial score (nSPS) is 15.1. The van der Waals surface area contributed by atoms with Crippen LogP contribution in [0.1, 0.15) is 31.2 Å². The molecule has 1 aliphatic carbocycles. The summed E-state index contributed by atoms with van der Waals surface area (Å²) in [7, 11) is 0. The molecule has 1 aliphatic rings. The number of allylic oxidation sites excluding steroid dienone is 1. The highest BCUT2D eigenvalue weighted by molar-refractivity contribution is 5.80. The van der Waals surface area contributed by atoms with E-state index < -0.39 is 18.1 Å². The second-order valence-electron chi connectivity index (χ2n) is 5.06. The minimum absolute atomic E-state index is 0.127. The molecule has 5 nitrogen and oxygen atoms in total. The van der Waals surface area contributed by atoms with Gasteiger partial charge in [0, 0.05) is 0 Å². The number of carboxylic acid groups (broad SMARTS) is 1. The number of rotatable bonds is 6. The number of aliphatic carboxylic acids is 1. The van der Waals surface area contributed by atoms with E-state index in [1.54, 1.807) is 0 Å². The molecule has 1 amide bonds. The maximum absolute atomic E-state index is 11.7. The van der Waals surface area contributed by atoms with Gasteiger partial charge in [0.1, 0.15) is 12.6 Å². The number of carbonyl (C=O) groups is 2. The smallest absolute Gasteiger partial charge is 0.408 e. The van der Waals surface area contributed by atoms with Crippen molar-refractivity contribution in [1.82, 2.24) is 5.32 Å². The highest BCUT2D eigenvalue weighted by Crippen LogP contribution is 2.22. The van der Waals surface area contributed by atoms with E-state index in [2.05, 4.69) is 5.32 Å². The number of alkyl carbamates (subject to hydrolysis) is 1. The summed E-state index contributed by atoms with van der Waals surface area (Å²) in [5.41, 5.74) is 1.95. The Balaban J connectivity index is 1.82. The Morgan fingerprint density at radius 2 is 2.05 bits per heavy atom. The molecule has 0 spiro atoms. The molecule has 0 saturated carbocycles. The Bertz CT molecular complexity index is 524. The molecule has 2 rings (SSSR count). The molecule has 5 heteroatoms. The van der Waals surface area contributed by atoms with Crippen LogP contribution in [0, 0.1) is 0 Å². The first-order valence-electron chi connectivity index (χ1n) is 7.03. The summed E-state index contributed by atoms with van der Waals surface area (Å²) in [6.07, 6.45) is 4.64. The molecule has 112 valence electrons. The van der Waals surface area contributed by atoms with Crippen molar-refractivity contribution in [2.24, 2.45) is 0 Å². The lowest BCUT2D eigenvalue weighted by atomic mass is 10.1. The van der Waals surface area contributed by atoms with Crippen LogP contribution in [-0.4, -0.2) is 23.2 Å². The van der Waals surface area contributed by atoms with Crippen LogP contribution in [0.25, 0.3) is 0 Å². The molecule has 0 bridgehead atoms. The van der Waals surface area contributed by atoms with Crippen LogP contribution in [0.3, 0.4) is 0 Å². The highest BCUT2D eigenvalue weighted by Gasteiger charge is 2.22. The number of hydrogen-bond donors (Lipinski definition) is 2. The number of ether oxygens (including phenoxy) is 1. The molecule has 1 atom stereocenters. The molecule has 0 aromatic heterocycles. The summed E-state index contributed by atoms with van der Waals surface area (Å²) < 4.78 is 5.04. The van der Waals surface area contributed by atoms with Gasteiger partial charge in [-0.25, -0.2) is 9.59 Å². The van der Waals surface area contributed by atoms with E-state index in [1.807, 2.05) is 36.4 Å². The third kappa shape index (κ3) is 4.95. The molecule has 0 aliphatic heterocycles. The Morgan fingerprint density at radius 1 is 1.29 bits per heavy atom. The fourth-order valence-electron chi connectivity index (χ4n) is 2.29. The van der Waals surface area contributed by atoms with Gasteiger partial charge in [-0.3, -0.25) is 0 Å². The van der Waals surface area contributed by atoms with Crippen molar-refractivity contribution < 1.29 is 19.4 Å². The van der Waals surface area contributed by atoms with Crippen LogP contribution in [0.5, 0.6) is 0 Å². The van der Waals surface area contributed by atoms with Crippen LogP contribution < -0.4 is 5.32 Å². The van der Waals surface area contributed by atoms with Gasteiger partial charge in [0.05, 0.1) is 0 Å². The lowest BCUT2D eigenvalue weighted by molar-refractivity contribution is -0.139. The predicted octanol–water partition coefficient (Wildman–Crippen LogP) is 2.87. The molecule has 1 aromatic rings. The Labute approximate surface area is 123 Å². The van der Waals surface area contributed by atoms with E-state index in [0.29, 0.717) is 6.42 Å². The maximum atomic E-state index is 11.7. The molecule has 1 aromatic carbocycles. The Morgan fingerprint density at radius 3 is 2.67 bits per heavy atom. The van der Waals surface area contributed by atoms with E-state index in [0.717, 1.165) is 30.4 Å². The van der Waals surface area contributed by atoms with Crippen molar-refractivity contribution in [3.8, 4) is 0 Å². The monoisotopic (exact) mass is 289 g/mol. The van der Waals surface area contributed by atoms with Crippen molar-refractivity contribution in [1.29, 1.82) is 0 Å². The van der Waals surface area contributed by atoms with Crippen LogP contribution in [0.15, 0.2) is 42.0 Å². The zero-order valence-electron chi connectivity index (χ0n) is 11.7. The largest absolute Gasteiger partial charge is 0.480 e. The first kappa shape index (κ1) is 15.1. The number of benzene rings is 1. The van der Waals surface area contributed by atoms with E-state index >= 15 is 0 Å². The summed E-state index contributed by atoms with van der Waals surface area (Å²) in [5.74, 6) is -1.04. The van der Waals surface area contributed by atoms with E-state index in [-0.39, 0.29) is 6.61 Å². The standard InChI is InChI=1S/C16H19NO4/c18-15(19)14(10-12-6-4-5-7-12)17-16(20)21-11-13-8-2-1-3-9-13/h1-3,6,8-9,14H,4-5,7,10-11H2,(H,17,20)(H,18,19)/t14-/m0/s1. The molecule has 0 unspecified atom stereocenters. The third-order valence-electron chi connectivity index (χ3n) is 3.40. The van der Waals surface area contributed by atoms with Gasteiger partial charge in [-0.2, -0.15) is 0 Å². The minimum Gasteiger partial charge on any atom is -0.480 e. The van der Waals surface area contributed by atoms with Crippen molar-refractivity contribution in [2.45, 2.75) is 38.3 Å². The van der Waals surface area contributed by atoms with Crippen LogP contribution >= 0.6 is 0 Å².